The summed E-state index contributed by atoms with van der Waals surface area (Å²) in [5.74, 6) is 0.313. The van der Waals surface area contributed by atoms with Crippen LogP contribution in [0.25, 0.3) is 0 Å². The number of epoxide rings is 1. The molecule has 3 saturated carbocycles. The second-order valence-corrected chi connectivity index (χ2v) is 16.2. The number of carbonyl (C=O) groups is 2. The molecular formula is C35H52O10. The molecule has 0 radical (unpaired) electrons. The van der Waals surface area contributed by atoms with E-state index in [1.54, 1.807) is 0 Å². The van der Waals surface area contributed by atoms with E-state index in [1.807, 2.05) is 6.92 Å². The lowest BCUT2D eigenvalue weighted by Crippen LogP contribution is -2.60. The number of fused-ring (bicyclic) bond motifs is 5. The Labute approximate surface area is 265 Å². The van der Waals surface area contributed by atoms with E-state index >= 15 is 0 Å². The molecule has 0 unspecified atom stereocenters. The molecule has 0 aromatic rings. The summed E-state index contributed by atoms with van der Waals surface area (Å²) in [5.41, 5.74) is 0.742. The zero-order chi connectivity index (χ0) is 32.2. The molecule has 4 aliphatic carbocycles. The third-order valence-corrected chi connectivity index (χ3v) is 13.9. The average molecular weight is 633 g/mol. The summed E-state index contributed by atoms with van der Waals surface area (Å²) < 4.78 is 23.9. The molecule has 0 aromatic carbocycles. The Morgan fingerprint density at radius 3 is 2.38 bits per heavy atom. The van der Waals surface area contributed by atoms with Crippen LogP contribution in [-0.2, 0) is 28.5 Å². The summed E-state index contributed by atoms with van der Waals surface area (Å²) >= 11 is 0. The van der Waals surface area contributed by atoms with Crippen molar-refractivity contribution < 1.29 is 49.0 Å². The molecule has 45 heavy (non-hydrogen) atoms. The zero-order valence-electron chi connectivity index (χ0n) is 27.3. The van der Waals surface area contributed by atoms with Crippen LogP contribution in [0.1, 0.15) is 86.0 Å². The summed E-state index contributed by atoms with van der Waals surface area (Å²) in [5, 5.41) is 40.4. The van der Waals surface area contributed by atoms with Gasteiger partial charge in [0, 0.05) is 18.8 Å². The van der Waals surface area contributed by atoms with Gasteiger partial charge in [-0.2, -0.15) is 0 Å². The second kappa shape index (κ2) is 11.1. The smallest absolute Gasteiger partial charge is 0.310 e. The maximum absolute atomic E-state index is 13.9. The Balaban J connectivity index is 1.06. The lowest BCUT2D eigenvalue weighted by molar-refractivity contribution is -0.315. The van der Waals surface area contributed by atoms with E-state index < -0.39 is 48.8 Å². The van der Waals surface area contributed by atoms with Crippen LogP contribution in [0.4, 0.5) is 0 Å². The van der Waals surface area contributed by atoms with E-state index in [-0.39, 0.29) is 58.6 Å². The number of aliphatic hydroxyl groups is 4. The third-order valence-electron chi connectivity index (χ3n) is 13.9. The molecule has 0 spiro atoms. The van der Waals surface area contributed by atoms with Gasteiger partial charge in [-0.15, -0.1) is 0 Å². The normalized spacial score (nSPS) is 54.3. The number of allylic oxidation sites excluding steroid dienone is 2. The van der Waals surface area contributed by atoms with Gasteiger partial charge >= 0.3 is 5.97 Å². The number of hydrogen-bond donors (Lipinski definition) is 4. The molecule has 4 N–H and O–H groups in total. The molecule has 3 aliphatic heterocycles. The van der Waals surface area contributed by atoms with Gasteiger partial charge in [-0.25, -0.2) is 0 Å². The van der Waals surface area contributed by atoms with Crippen LogP contribution in [0.15, 0.2) is 11.6 Å². The average Bonchev–Trinajstić information content (AvgIpc) is 3.44. The summed E-state index contributed by atoms with van der Waals surface area (Å²) in [7, 11) is 0. The first-order valence-electron chi connectivity index (χ1n) is 17.3. The van der Waals surface area contributed by atoms with Gasteiger partial charge in [0.1, 0.15) is 41.9 Å². The lowest BCUT2D eigenvalue weighted by atomic mass is 9.47. The molecule has 10 heteroatoms. The monoisotopic (exact) mass is 632 g/mol. The first kappa shape index (κ1) is 32.2. The highest BCUT2D eigenvalue weighted by Crippen LogP contribution is 2.67. The van der Waals surface area contributed by atoms with E-state index in [1.165, 1.54) is 5.57 Å². The van der Waals surface area contributed by atoms with Gasteiger partial charge < -0.3 is 39.4 Å². The number of esters is 1. The number of hydrogen-bond acceptors (Lipinski definition) is 10. The van der Waals surface area contributed by atoms with Crippen LogP contribution in [0, 0.1) is 46.3 Å². The largest absolute Gasteiger partial charge is 0.459 e. The van der Waals surface area contributed by atoms with Crippen LogP contribution in [-0.4, -0.2) is 93.4 Å². The highest BCUT2D eigenvalue weighted by molar-refractivity contribution is 5.91. The highest BCUT2D eigenvalue weighted by Gasteiger charge is 2.68. The molecule has 7 rings (SSSR count). The number of carbonyl (C=O) groups excluding carboxylic acids is 2. The van der Waals surface area contributed by atoms with Crippen molar-refractivity contribution in [1.82, 2.24) is 0 Å². The maximum Gasteiger partial charge on any atom is 0.310 e. The summed E-state index contributed by atoms with van der Waals surface area (Å²) in [6.45, 7) is 10.4. The van der Waals surface area contributed by atoms with E-state index in [4.69, 9.17) is 18.9 Å². The standard InChI is InChI=1S/C35H52O10/c1-16(2)35(17(3)45-35)26-13-21(31(41)44-26)27-24(37)14-23-20-7-6-18-12-19(8-10-33(18,4)22(20)9-11-34(23,27)5)42-32-30(40)29(39)28(38)25(15-36)43-32/h7,16-19,21-23,25-30,32,36,38-40H,6,8-15H2,1-5H3/t17-,18+,19+,21-,22+,23+,25+,26+,27+,28+,29+,30+,32-,33+,34+,35-/m1/s1. The molecule has 0 bridgehead atoms. The number of aliphatic hydroxyl groups excluding tert-OH is 4. The summed E-state index contributed by atoms with van der Waals surface area (Å²) in [4.78, 5) is 27.3. The van der Waals surface area contributed by atoms with Crippen LogP contribution in [0.2, 0.25) is 0 Å². The number of cyclic esters (lactones) is 1. The lowest BCUT2D eigenvalue weighted by Gasteiger charge is -2.57. The Hall–Kier alpha value is -1.40. The highest BCUT2D eigenvalue weighted by atomic mass is 16.7. The fourth-order valence-electron chi connectivity index (χ4n) is 11.2. The fourth-order valence-corrected chi connectivity index (χ4v) is 11.2. The van der Waals surface area contributed by atoms with Gasteiger partial charge in [-0.3, -0.25) is 9.59 Å². The Bertz CT molecular complexity index is 1230. The number of Topliss-reactive ketones (excluding diaryl/α,β-unsaturated/α-hetero) is 1. The third kappa shape index (κ3) is 4.67. The molecule has 6 fully saturated rings. The molecule has 7 aliphatic rings. The van der Waals surface area contributed by atoms with Crippen molar-refractivity contribution in [2.24, 2.45) is 46.3 Å². The molecule has 3 heterocycles. The van der Waals surface area contributed by atoms with Crippen molar-refractivity contribution in [1.29, 1.82) is 0 Å². The van der Waals surface area contributed by atoms with Crippen LogP contribution in [0.3, 0.4) is 0 Å². The van der Waals surface area contributed by atoms with E-state index in [9.17, 15) is 30.0 Å². The number of ether oxygens (including phenoxy) is 4. The Morgan fingerprint density at radius 1 is 1.00 bits per heavy atom. The van der Waals surface area contributed by atoms with Crippen LogP contribution < -0.4 is 0 Å². The molecule has 0 amide bonds. The van der Waals surface area contributed by atoms with Crippen LogP contribution in [0.5, 0.6) is 0 Å². The second-order valence-electron chi connectivity index (χ2n) is 16.2. The molecule has 0 aromatic heterocycles. The van der Waals surface area contributed by atoms with Gasteiger partial charge in [-0.1, -0.05) is 39.3 Å². The van der Waals surface area contributed by atoms with Crippen molar-refractivity contribution in [2.45, 2.75) is 141 Å². The van der Waals surface area contributed by atoms with Gasteiger partial charge in [0.05, 0.1) is 24.7 Å². The van der Waals surface area contributed by atoms with Gasteiger partial charge in [0.2, 0.25) is 0 Å². The minimum absolute atomic E-state index is 0.0439. The fraction of sp³-hybridized carbons (Fsp3) is 0.886. The SMILES string of the molecule is CC(C)[C@@]1([C@@H]2C[C@H]([C@H]3C(=O)C[C@H]4C5=CC[C@H]6C[C@@H](O[C@@H]7O[C@@H](CO)[C@H](O)[C@H](O)[C@@H]7O)CC[C@]6(C)[C@H]5CC[C@]34C)C(=O)O2)O[C@@H]1C. The van der Waals surface area contributed by atoms with E-state index in [0.717, 1.165) is 38.5 Å². The molecule has 16 atom stereocenters. The van der Waals surface area contributed by atoms with E-state index in [2.05, 4.69) is 33.8 Å². The summed E-state index contributed by atoms with van der Waals surface area (Å²) in [6.07, 6.45) is 1.85. The molecule has 3 saturated heterocycles. The molecular weight excluding hydrogens is 580 g/mol. The zero-order valence-corrected chi connectivity index (χ0v) is 27.3. The predicted octanol–water partition coefficient (Wildman–Crippen LogP) is 2.67. The summed E-state index contributed by atoms with van der Waals surface area (Å²) in [6, 6.07) is 0. The van der Waals surface area contributed by atoms with Gasteiger partial charge in [-0.05, 0) is 80.0 Å². The number of rotatable bonds is 6. The van der Waals surface area contributed by atoms with Crippen molar-refractivity contribution >= 4 is 11.8 Å². The van der Waals surface area contributed by atoms with E-state index in [0.29, 0.717) is 24.7 Å². The Kier molecular flexibility index (Phi) is 7.91. The van der Waals surface area contributed by atoms with Crippen molar-refractivity contribution in [3.8, 4) is 0 Å². The predicted molar refractivity (Wildman–Crippen MR) is 160 cm³/mol. The molecule has 252 valence electrons. The molecule has 10 nitrogen and oxygen atoms in total. The minimum Gasteiger partial charge on any atom is -0.459 e. The first-order chi connectivity index (χ1) is 21.3. The number of ketones is 1. The Morgan fingerprint density at radius 2 is 1.71 bits per heavy atom. The quantitative estimate of drug-likeness (QED) is 0.195. The topological polar surface area (TPSA) is 155 Å². The minimum atomic E-state index is -1.46. The maximum atomic E-state index is 13.9. The van der Waals surface area contributed by atoms with Crippen molar-refractivity contribution in [2.75, 3.05) is 6.61 Å². The van der Waals surface area contributed by atoms with Crippen molar-refractivity contribution in [3.05, 3.63) is 11.6 Å². The van der Waals surface area contributed by atoms with Crippen molar-refractivity contribution in [3.63, 3.8) is 0 Å². The first-order valence-corrected chi connectivity index (χ1v) is 17.3. The van der Waals surface area contributed by atoms with Crippen LogP contribution >= 0.6 is 0 Å². The van der Waals surface area contributed by atoms with Gasteiger partial charge in [0.15, 0.2) is 6.29 Å². The van der Waals surface area contributed by atoms with Gasteiger partial charge in [0.25, 0.3) is 0 Å².